The monoisotopic (exact) mass is 406 g/mol. The summed E-state index contributed by atoms with van der Waals surface area (Å²) in [5.41, 5.74) is 7.59. The Bertz CT molecular complexity index is 1010. The normalized spacial score (nSPS) is 15.8. The zero-order chi connectivity index (χ0) is 21.1. The van der Waals surface area contributed by atoms with Crippen molar-refractivity contribution in [1.29, 1.82) is 0 Å². The van der Waals surface area contributed by atoms with Gasteiger partial charge >= 0.3 is 0 Å². The van der Waals surface area contributed by atoms with Crippen LogP contribution in [0.2, 0.25) is 0 Å². The summed E-state index contributed by atoms with van der Waals surface area (Å²) in [7, 11) is 3.52. The molecule has 0 spiro atoms. The first-order chi connectivity index (χ1) is 14.5. The summed E-state index contributed by atoms with van der Waals surface area (Å²) in [6.45, 7) is 4.87. The number of hydrogen-bond acceptors (Lipinski definition) is 7. The lowest BCUT2D eigenvalue weighted by atomic mass is 10.1. The minimum absolute atomic E-state index is 0.00657. The van der Waals surface area contributed by atoms with Crippen LogP contribution >= 0.6 is 0 Å². The molecule has 0 unspecified atom stereocenters. The van der Waals surface area contributed by atoms with Gasteiger partial charge in [-0.1, -0.05) is 29.8 Å². The Morgan fingerprint density at radius 2 is 2.07 bits per heavy atom. The van der Waals surface area contributed by atoms with Crippen LogP contribution in [0, 0.1) is 6.92 Å². The summed E-state index contributed by atoms with van der Waals surface area (Å²) in [5.74, 6) is 1.25. The lowest BCUT2D eigenvalue weighted by Crippen LogP contribution is -2.37. The molecule has 1 fully saturated rings. The Morgan fingerprint density at radius 3 is 2.80 bits per heavy atom. The number of morpholine rings is 1. The van der Waals surface area contributed by atoms with Gasteiger partial charge in [0.2, 0.25) is 11.9 Å². The number of amides is 1. The predicted molar refractivity (Wildman–Crippen MR) is 118 cm³/mol. The summed E-state index contributed by atoms with van der Waals surface area (Å²) in [6, 6.07) is 8.08. The topological polar surface area (TPSA) is 83.0 Å². The van der Waals surface area contributed by atoms with E-state index in [2.05, 4.69) is 26.5 Å². The highest BCUT2D eigenvalue weighted by Crippen LogP contribution is 2.33. The van der Waals surface area contributed by atoms with Gasteiger partial charge in [-0.3, -0.25) is 4.79 Å². The van der Waals surface area contributed by atoms with Crippen molar-refractivity contribution >= 4 is 30.0 Å². The standard InChI is InChI=1S/C22H26N6O2/c1-15-5-4-6-16(11-15)14-23-26-22-24-19-13-17(21(29)27(2)3)12-18(19)20(25-22)28-7-9-30-10-8-28/h4-6,11,13-14H,7-10,12H2,1-3H3,(H,24,25,26)/b23-14+. The van der Waals surface area contributed by atoms with Gasteiger partial charge in [0.1, 0.15) is 5.82 Å². The second-order valence-corrected chi connectivity index (χ2v) is 7.66. The Labute approximate surface area is 176 Å². The summed E-state index contributed by atoms with van der Waals surface area (Å²) >= 11 is 0. The Hall–Kier alpha value is -3.26. The van der Waals surface area contributed by atoms with Crippen molar-refractivity contribution in [3.63, 3.8) is 0 Å². The maximum Gasteiger partial charge on any atom is 0.249 e. The molecule has 1 aromatic carbocycles. The highest BCUT2D eigenvalue weighted by molar-refractivity contribution is 6.00. The van der Waals surface area contributed by atoms with Gasteiger partial charge < -0.3 is 14.5 Å². The molecular formula is C22H26N6O2. The number of ether oxygens (including phenoxy) is 1. The molecule has 1 aliphatic carbocycles. The van der Waals surface area contributed by atoms with Gasteiger partial charge in [0, 0.05) is 44.7 Å². The minimum Gasteiger partial charge on any atom is -0.378 e. The highest BCUT2D eigenvalue weighted by Gasteiger charge is 2.28. The van der Waals surface area contributed by atoms with Crippen molar-refractivity contribution in [1.82, 2.24) is 14.9 Å². The molecule has 1 N–H and O–H groups in total. The summed E-state index contributed by atoms with van der Waals surface area (Å²) < 4.78 is 5.49. The summed E-state index contributed by atoms with van der Waals surface area (Å²) in [5, 5.41) is 4.31. The molecule has 4 rings (SSSR count). The zero-order valence-corrected chi connectivity index (χ0v) is 17.6. The van der Waals surface area contributed by atoms with Crippen LogP contribution in [0.25, 0.3) is 6.08 Å². The van der Waals surface area contributed by atoms with Crippen molar-refractivity contribution in [3.8, 4) is 0 Å². The molecule has 2 aliphatic rings. The molecule has 8 nitrogen and oxygen atoms in total. The van der Waals surface area contributed by atoms with Crippen LogP contribution in [0.3, 0.4) is 0 Å². The Balaban J connectivity index is 1.62. The van der Waals surface area contributed by atoms with Gasteiger partial charge in [-0.2, -0.15) is 10.1 Å². The van der Waals surface area contributed by atoms with Crippen molar-refractivity contribution in [3.05, 3.63) is 52.2 Å². The first kappa shape index (κ1) is 20.0. The average molecular weight is 406 g/mol. The molecule has 30 heavy (non-hydrogen) atoms. The molecule has 2 aromatic rings. The maximum atomic E-state index is 12.5. The van der Waals surface area contributed by atoms with E-state index < -0.39 is 0 Å². The fourth-order valence-electron chi connectivity index (χ4n) is 3.61. The van der Waals surface area contributed by atoms with Crippen LogP contribution in [0.4, 0.5) is 11.8 Å². The first-order valence-electron chi connectivity index (χ1n) is 10.0. The molecular weight excluding hydrogens is 380 g/mol. The zero-order valence-electron chi connectivity index (χ0n) is 17.6. The number of anilines is 2. The number of carbonyl (C=O) groups is 1. The van der Waals surface area contributed by atoms with Crippen molar-refractivity contribution in [2.45, 2.75) is 13.3 Å². The molecule has 8 heteroatoms. The molecule has 0 saturated carbocycles. The number of carbonyl (C=O) groups excluding carboxylic acids is 1. The third-order valence-electron chi connectivity index (χ3n) is 5.11. The Kier molecular flexibility index (Phi) is 5.76. The van der Waals surface area contributed by atoms with Crippen molar-refractivity contribution in [2.24, 2.45) is 5.10 Å². The highest BCUT2D eigenvalue weighted by atomic mass is 16.5. The van der Waals surface area contributed by atoms with Crippen LogP contribution in [0.5, 0.6) is 0 Å². The molecule has 0 radical (unpaired) electrons. The second-order valence-electron chi connectivity index (χ2n) is 7.66. The number of hydrazone groups is 1. The van der Waals surface area contributed by atoms with E-state index in [0.29, 0.717) is 25.6 Å². The lowest BCUT2D eigenvalue weighted by Gasteiger charge is -2.29. The van der Waals surface area contributed by atoms with E-state index in [9.17, 15) is 4.79 Å². The number of hydrogen-bond donors (Lipinski definition) is 1. The third kappa shape index (κ3) is 4.33. The second kappa shape index (κ2) is 8.62. The molecule has 1 amide bonds. The fraction of sp³-hybridized carbons (Fsp3) is 0.364. The number of aromatic nitrogens is 2. The van der Waals surface area contributed by atoms with E-state index in [1.807, 2.05) is 31.2 Å². The third-order valence-corrected chi connectivity index (χ3v) is 5.11. The number of fused-ring (bicyclic) bond motifs is 1. The number of likely N-dealkylation sites (N-methyl/N-ethyl adjacent to an activating group) is 1. The number of aryl methyl sites for hydroxylation is 1. The number of benzene rings is 1. The van der Waals surface area contributed by atoms with Crippen molar-refractivity contribution < 1.29 is 9.53 Å². The van der Waals surface area contributed by atoms with E-state index >= 15 is 0 Å². The van der Waals surface area contributed by atoms with Gasteiger partial charge in [-0.15, -0.1) is 0 Å². The van der Waals surface area contributed by atoms with E-state index in [1.165, 1.54) is 5.56 Å². The quantitative estimate of drug-likeness (QED) is 0.605. The smallest absolute Gasteiger partial charge is 0.249 e. The van der Waals surface area contributed by atoms with Crippen LogP contribution in [0.15, 0.2) is 34.9 Å². The van der Waals surface area contributed by atoms with E-state index in [4.69, 9.17) is 9.72 Å². The summed E-state index contributed by atoms with van der Waals surface area (Å²) in [6.07, 6.45) is 4.14. The predicted octanol–water partition coefficient (Wildman–Crippen LogP) is 2.10. The largest absolute Gasteiger partial charge is 0.378 e. The molecule has 0 atom stereocenters. The van der Waals surface area contributed by atoms with Gasteiger partial charge in [0.25, 0.3) is 0 Å². The van der Waals surface area contributed by atoms with Crippen LogP contribution in [-0.2, 0) is 16.0 Å². The molecule has 1 aliphatic heterocycles. The maximum absolute atomic E-state index is 12.5. The first-order valence-corrected chi connectivity index (χ1v) is 10.0. The van der Waals surface area contributed by atoms with Gasteiger partial charge in [-0.25, -0.2) is 10.4 Å². The Morgan fingerprint density at radius 1 is 1.27 bits per heavy atom. The molecule has 156 valence electrons. The molecule has 1 saturated heterocycles. The molecule has 0 bridgehead atoms. The molecule has 2 heterocycles. The average Bonchev–Trinajstić information content (AvgIpc) is 3.17. The van der Waals surface area contributed by atoms with Gasteiger partial charge in [0.05, 0.1) is 25.1 Å². The number of rotatable bonds is 5. The fourth-order valence-corrected chi connectivity index (χ4v) is 3.61. The van der Waals surface area contributed by atoms with Gasteiger partial charge in [0.15, 0.2) is 0 Å². The van der Waals surface area contributed by atoms with Crippen LogP contribution in [0.1, 0.15) is 22.4 Å². The van der Waals surface area contributed by atoms with E-state index in [0.717, 1.165) is 41.3 Å². The minimum atomic E-state index is -0.00657. The van der Waals surface area contributed by atoms with Crippen molar-refractivity contribution in [2.75, 3.05) is 50.7 Å². The summed E-state index contributed by atoms with van der Waals surface area (Å²) in [4.78, 5) is 25.6. The van der Waals surface area contributed by atoms with Crippen LogP contribution < -0.4 is 10.3 Å². The number of nitrogens with one attached hydrogen (secondary N) is 1. The van der Waals surface area contributed by atoms with E-state index in [1.54, 1.807) is 25.2 Å². The van der Waals surface area contributed by atoms with Gasteiger partial charge in [-0.05, 0) is 18.6 Å². The number of nitrogens with zero attached hydrogens (tertiary/aromatic N) is 5. The SMILES string of the molecule is Cc1cccc(/C=N/Nc2nc3c(c(N4CCOCC4)n2)CC(C(=O)N(C)C)=C3)c1. The lowest BCUT2D eigenvalue weighted by molar-refractivity contribution is -0.124. The van der Waals surface area contributed by atoms with Crippen LogP contribution in [-0.4, -0.2) is 67.4 Å². The molecule has 1 aromatic heterocycles. The van der Waals surface area contributed by atoms with E-state index in [-0.39, 0.29) is 5.91 Å².